The molecule has 0 heterocycles. The van der Waals surface area contributed by atoms with Crippen molar-refractivity contribution in [3.8, 4) is 0 Å². The summed E-state index contributed by atoms with van der Waals surface area (Å²) in [6.07, 6.45) is 13.8. The van der Waals surface area contributed by atoms with E-state index in [1.54, 1.807) is 0 Å². The molecular weight excluding hydrogens is 310 g/mol. The molecule has 0 aliphatic rings. The molecule has 0 radical (unpaired) electrons. The maximum atomic E-state index is 3.46. The number of hydrogen-bond donors (Lipinski definition) is 5. The third-order valence-electron chi connectivity index (χ3n) is 3.80. The van der Waals surface area contributed by atoms with Crippen molar-refractivity contribution in [1.29, 1.82) is 0 Å². The van der Waals surface area contributed by atoms with Gasteiger partial charge in [-0.2, -0.15) is 0 Å². The molecule has 0 aromatic rings. The number of nitrogens with one attached hydrogen (secondary N) is 5. The summed E-state index contributed by atoms with van der Waals surface area (Å²) in [4.78, 5) is 0. The normalized spacial score (nSPS) is 11.9. The minimum atomic E-state index is 0.974. The van der Waals surface area contributed by atoms with E-state index < -0.39 is 0 Å². The molecular formula is C20H43N5. The molecule has 5 N–H and O–H groups in total. The summed E-state index contributed by atoms with van der Waals surface area (Å²) < 4.78 is 0. The van der Waals surface area contributed by atoms with Crippen molar-refractivity contribution < 1.29 is 0 Å². The van der Waals surface area contributed by atoms with Gasteiger partial charge < -0.3 is 26.6 Å². The molecule has 0 saturated heterocycles. The van der Waals surface area contributed by atoms with Crippen LogP contribution in [-0.2, 0) is 0 Å². The Bertz CT molecular complexity index is 292. The minimum Gasteiger partial charge on any atom is -0.317 e. The summed E-state index contributed by atoms with van der Waals surface area (Å²) in [6.45, 7) is 14.7. The SMILES string of the molecule is CCNC/C=C\CNCCCCNC/C=C\CNCCCCNCC. The molecule has 5 nitrogen and oxygen atoms in total. The van der Waals surface area contributed by atoms with Gasteiger partial charge >= 0.3 is 0 Å². The Labute approximate surface area is 156 Å². The lowest BCUT2D eigenvalue weighted by atomic mass is 10.3. The average Bonchev–Trinajstić information content (AvgIpc) is 2.63. The van der Waals surface area contributed by atoms with E-state index in [4.69, 9.17) is 0 Å². The van der Waals surface area contributed by atoms with E-state index in [1.807, 2.05) is 0 Å². The first kappa shape index (κ1) is 24.3. The smallest absolute Gasteiger partial charge is 0.0135 e. The lowest BCUT2D eigenvalue weighted by Crippen LogP contribution is -2.20. The number of likely N-dealkylation sites (N-methyl/N-ethyl adjacent to an activating group) is 1. The summed E-state index contributed by atoms with van der Waals surface area (Å²) in [6, 6.07) is 0. The second-order valence-corrected chi connectivity index (χ2v) is 6.13. The van der Waals surface area contributed by atoms with Gasteiger partial charge in [0.25, 0.3) is 0 Å². The van der Waals surface area contributed by atoms with E-state index in [1.165, 1.54) is 25.7 Å². The van der Waals surface area contributed by atoms with Crippen molar-refractivity contribution >= 4 is 0 Å². The Balaban J connectivity index is 3.09. The van der Waals surface area contributed by atoms with Crippen molar-refractivity contribution in [2.45, 2.75) is 39.5 Å². The number of hydrogen-bond acceptors (Lipinski definition) is 5. The Morgan fingerprint density at radius 2 is 0.760 bits per heavy atom. The highest BCUT2D eigenvalue weighted by atomic mass is 14.9. The Morgan fingerprint density at radius 1 is 0.440 bits per heavy atom. The monoisotopic (exact) mass is 353 g/mol. The molecule has 0 aliphatic carbocycles. The third kappa shape index (κ3) is 23.3. The van der Waals surface area contributed by atoms with Gasteiger partial charge in [0.05, 0.1) is 0 Å². The average molecular weight is 354 g/mol. The van der Waals surface area contributed by atoms with Crippen LogP contribution in [0.3, 0.4) is 0 Å². The van der Waals surface area contributed by atoms with Gasteiger partial charge in [-0.1, -0.05) is 38.2 Å². The Kier molecular flexibility index (Phi) is 22.6. The van der Waals surface area contributed by atoms with E-state index in [2.05, 4.69) is 64.7 Å². The fraction of sp³-hybridized carbons (Fsp3) is 0.800. The van der Waals surface area contributed by atoms with Crippen LogP contribution >= 0.6 is 0 Å². The molecule has 0 fully saturated rings. The van der Waals surface area contributed by atoms with Gasteiger partial charge in [0.1, 0.15) is 0 Å². The Morgan fingerprint density at radius 3 is 1.12 bits per heavy atom. The molecule has 0 amide bonds. The van der Waals surface area contributed by atoms with Crippen LogP contribution in [0.2, 0.25) is 0 Å². The van der Waals surface area contributed by atoms with E-state index in [9.17, 15) is 0 Å². The van der Waals surface area contributed by atoms with E-state index in [0.29, 0.717) is 0 Å². The first-order valence-corrected chi connectivity index (χ1v) is 10.2. The van der Waals surface area contributed by atoms with Crippen LogP contribution in [0.25, 0.3) is 0 Å². The number of rotatable bonds is 20. The van der Waals surface area contributed by atoms with Crippen molar-refractivity contribution in [2.24, 2.45) is 0 Å². The summed E-state index contributed by atoms with van der Waals surface area (Å²) in [7, 11) is 0. The van der Waals surface area contributed by atoms with Crippen molar-refractivity contribution in [1.82, 2.24) is 26.6 Å². The first-order chi connectivity index (χ1) is 12.4. The Hall–Kier alpha value is -0.720. The van der Waals surface area contributed by atoms with Gasteiger partial charge in [0.2, 0.25) is 0 Å². The maximum Gasteiger partial charge on any atom is 0.0135 e. The molecule has 148 valence electrons. The minimum absolute atomic E-state index is 0.974. The van der Waals surface area contributed by atoms with Crippen LogP contribution < -0.4 is 26.6 Å². The molecule has 0 rings (SSSR count). The first-order valence-electron chi connectivity index (χ1n) is 10.2. The van der Waals surface area contributed by atoms with Gasteiger partial charge in [-0.05, 0) is 65.0 Å². The highest BCUT2D eigenvalue weighted by molar-refractivity contribution is 4.86. The van der Waals surface area contributed by atoms with Gasteiger partial charge in [-0.3, -0.25) is 0 Å². The quantitative estimate of drug-likeness (QED) is 0.170. The van der Waals surface area contributed by atoms with Gasteiger partial charge in [-0.15, -0.1) is 0 Å². The highest BCUT2D eigenvalue weighted by Gasteiger charge is 1.89. The molecule has 0 spiro atoms. The highest BCUT2D eigenvalue weighted by Crippen LogP contribution is 1.85. The van der Waals surface area contributed by atoms with Crippen LogP contribution in [0.15, 0.2) is 24.3 Å². The van der Waals surface area contributed by atoms with Crippen LogP contribution in [0.4, 0.5) is 0 Å². The molecule has 0 aromatic heterocycles. The maximum absolute atomic E-state index is 3.46. The zero-order valence-corrected chi connectivity index (χ0v) is 16.7. The van der Waals surface area contributed by atoms with Crippen LogP contribution in [0.5, 0.6) is 0 Å². The topological polar surface area (TPSA) is 60.1 Å². The molecule has 0 saturated carbocycles. The lowest BCUT2D eigenvalue weighted by molar-refractivity contribution is 0.607. The van der Waals surface area contributed by atoms with Gasteiger partial charge in [0, 0.05) is 26.2 Å². The van der Waals surface area contributed by atoms with E-state index in [0.717, 1.165) is 65.4 Å². The molecule has 25 heavy (non-hydrogen) atoms. The van der Waals surface area contributed by atoms with E-state index >= 15 is 0 Å². The summed E-state index contributed by atoms with van der Waals surface area (Å²) in [5.74, 6) is 0. The largest absolute Gasteiger partial charge is 0.317 e. The van der Waals surface area contributed by atoms with Crippen LogP contribution in [-0.4, -0.2) is 65.4 Å². The van der Waals surface area contributed by atoms with E-state index in [-0.39, 0.29) is 0 Å². The number of unbranched alkanes of at least 4 members (excludes halogenated alkanes) is 2. The molecule has 5 heteroatoms. The predicted octanol–water partition coefficient (Wildman–Crippen LogP) is 1.65. The molecule has 0 aromatic carbocycles. The summed E-state index contributed by atoms with van der Waals surface area (Å²) in [5.41, 5.74) is 0. The fourth-order valence-electron chi connectivity index (χ4n) is 2.29. The van der Waals surface area contributed by atoms with Gasteiger partial charge in [0.15, 0.2) is 0 Å². The molecule has 0 aliphatic heterocycles. The second kappa shape index (κ2) is 23.3. The van der Waals surface area contributed by atoms with Crippen molar-refractivity contribution in [3.63, 3.8) is 0 Å². The second-order valence-electron chi connectivity index (χ2n) is 6.13. The van der Waals surface area contributed by atoms with Crippen LogP contribution in [0, 0.1) is 0 Å². The predicted molar refractivity (Wildman–Crippen MR) is 112 cm³/mol. The molecule has 0 unspecified atom stereocenters. The molecule has 0 bridgehead atoms. The summed E-state index contributed by atoms with van der Waals surface area (Å²) in [5, 5.41) is 17.0. The van der Waals surface area contributed by atoms with Gasteiger partial charge in [-0.25, -0.2) is 0 Å². The lowest BCUT2D eigenvalue weighted by Gasteiger charge is -2.04. The van der Waals surface area contributed by atoms with Crippen LogP contribution in [0.1, 0.15) is 39.5 Å². The third-order valence-corrected chi connectivity index (χ3v) is 3.80. The fourth-order valence-corrected chi connectivity index (χ4v) is 2.29. The van der Waals surface area contributed by atoms with Crippen molar-refractivity contribution in [3.05, 3.63) is 24.3 Å². The molecule has 0 atom stereocenters. The summed E-state index contributed by atoms with van der Waals surface area (Å²) >= 11 is 0. The zero-order valence-electron chi connectivity index (χ0n) is 16.7. The zero-order chi connectivity index (χ0) is 18.3. The van der Waals surface area contributed by atoms with Crippen molar-refractivity contribution in [2.75, 3.05) is 65.4 Å². The standard InChI is InChI=1S/C20H43N5/c1-3-21-13-5-7-15-23-17-9-11-19-25-20-12-10-18-24-16-8-6-14-22-4-2/h5,7,10,12,21-25H,3-4,6,8-9,11,13-20H2,1-2H3/b7-5-,12-10-.